The molecule has 5 heteroatoms. The SMILES string of the molecule is COCCCN(CCOC)C(=O)C1(CN)CCCC1. The van der Waals surface area contributed by atoms with Crippen LogP contribution in [0.5, 0.6) is 0 Å². The van der Waals surface area contributed by atoms with Gasteiger partial charge in [-0.3, -0.25) is 4.79 Å². The molecule has 2 N–H and O–H groups in total. The Balaban J connectivity index is 2.62. The van der Waals surface area contributed by atoms with E-state index >= 15 is 0 Å². The van der Waals surface area contributed by atoms with Crippen molar-refractivity contribution in [1.29, 1.82) is 0 Å². The van der Waals surface area contributed by atoms with Crippen LogP contribution in [0.15, 0.2) is 0 Å². The molecule has 5 nitrogen and oxygen atoms in total. The van der Waals surface area contributed by atoms with E-state index in [1.54, 1.807) is 14.2 Å². The summed E-state index contributed by atoms with van der Waals surface area (Å²) in [7, 11) is 3.34. The molecule has 0 aromatic rings. The van der Waals surface area contributed by atoms with Gasteiger partial charge in [0.2, 0.25) is 5.91 Å². The summed E-state index contributed by atoms with van der Waals surface area (Å²) in [6.07, 6.45) is 4.93. The maximum absolute atomic E-state index is 12.7. The summed E-state index contributed by atoms with van der Waals surface area (Å²) in [6, 6.07) is 0. The maximum Gasteiger partial charge on any atom is 0.230 e. The van der Waals surface area contributed by atoms with Gasteiger partial charge in [-0.1, -0.05) is 12.8 Å². The van der Waals surface area contributed by atoms with Crippen LogP contribution < -0.4 is 5.73 Å². The fourth-order valence-corrected chi connectivity index (χ4v) is 2.81. The van der Waals surface area contributed by atoms with Gasteiger partial charge in [0.05, 0.1) is 12.0 Å². The molecule has 1 aliphatic rings. The highest BCUT2D eigenvalue weighted by Crippen LogP contribution is 2.38. The zero-order chi connectivity index (χ0) is 14.1. The van der Waals surface area contributed by atoms with Crippen molar-refractivity contribution in [1.82, 2.24) is 4.90 Å². The van der Waals surface area contributed by atoms with Gasteiger partial charge in [0.25, 0.3) is 0 Å². The summed E-state index contributed by atoms with van der Waals surface area (Å²) in [5, 5.41) is 0. The minimum atomic E-state index is -0.319. The van der Waals surface area contributed by atoms with E-state index in [0.717, 1.165) is 38.6 Å². The second-order valence-corrected chi connectivity index (χ2v) is 5.32. The Morgan fingerprint density at radius 3 is 2.32 bits per heavy atom. The molecule has 0 bridgehead atoms. The van der Waals surface area contributed by atoms with Gasteiger partial charge in [0, 0.05) is 40.5 Å². The first-order valence-electron chi connectivity index (χ1n) is 7.17. The monoisotopic (exact) mass is 272 g/mol. The van der Waals surface area contributed by atoms with Crippen LogP contribution in [0.1, 0.15) is 32.1 Å². The van der Waals surface area contributed by atoms with Crippen LogP contribution in [-0.2, 0) is 14.3 Å². The molecule has 1 amide bonds. The third-order valence-electron chi connectivity index (χ3n) is 4.03. The first kappa shape index (κ1) is 16.4. The normalized spacial score (nSPS) is 17.6. The summed E-state index contributed by atoms with van der Waals surface area (Å²) in [6.45, 7) is 3.06. The Hall–Kier alpha value is -0.650. The number of hydrogen-bond donors (Lipinski definition) is 1. The highest BCUT2D eigenvalue weighted by Gasteiger charge is 2.42. The number of methoxy groups -OCH3 is 2. The Morgan fingerprint density at radius 2 is 1.79 bits per heavy atom. The molecule has 112 valence electrons. The summed E-state index contributed by atoms with van der Waals surface area (Å²) in [5.41, 5.74) is 5.57. The molecule has 0 atom stereocenters. The van der Waals surface area contributed by atoms with E-state index in [-0.39, 0.29) is 11.3 Å². The van der Waals surface area contributed by atoms with Crippen molar-refractivity contribution in [2.24, 2.45) is 11.1 Å². The van der Waals surface area contributed by atoms with Gasteiger partial charge >= 0.3 is 0 Å². The first-order valence-corrected chi connectivity index (χ1v) is 7.17. The summed E-state index contributed by atoms with van der Waals surface area (Å²) >= 11 is 0. The van der Waals surface area contributed by atoms with Crippen LogP contribution in [0.3, 0.4) is 0 Å². The van der Waals surface area contributed by atoms with Crippen molar-refractivity contribution in [3.05, 3.63) is 0 Å². The molecule has 0 heterocycles. The van der Waals surface area contributed by atoms with Crippen molar-refractivity contribution >= 4 is 5.91 Å². The predicted molar refractivity (Wildman–Crippen MR) is 74.9 cm³/mol. The topological polar surface area (TPSA) is 64.8 Å². The van der Waals surface area contributed by atoms with Crippen molar-refractivity contribution in [2.45, 2.75) is 32.1 Å². The van der Waals surface area contributed by atoms with E-state index in [0.29, 0.717) is 26.3 Å². The van der Waals surface area contributed by atoms with Gasteiger partial charge < -0.3 is 20.1 Å². The lowest BCUT2D eigenvalue weighted by Gasteiger charge is -2.33. The summed E-state index contributed by atoms with van der Waals surface area (Å²) in [5.74, 6) is 0.209. The average Bonchev–Trinajstić information content (AvgIpc) is 2.92. The van der Waals surface area contributed by atoms with E-state index in [1.807, 2.05) is 4.90 Å². The summed E-state index contributed by atoms with van der Waals surface area (Å²) in [4.78, 5) is 14.7. The molecule has 0 spiro atoms. The standard InChI is InChI=1S/C14H28N2O3/c1-18-10-5-8-16(9-11-19-2)13(17)14(12-15)6-3-4-7-14/h3-12,15H2,1-2H3. The van der Waals surface area contributed by atoms with Crippen LogP contribution in [0, 0.1) is 5.41 Å². The zero-order valence-corrected chi connectivity index (χ0v) is 12.3. The molecule has 0 aliphatic heterocycles. The van der Waals surface area contributed by atoms with E-state index in [4.69, 9.17) is 15.2 Å². The lowest BCUT2D eigenvalue weighted by Crippen LogP contribution is -2.48. The molecule has 0 aromatic heterocycles. The van der Waals surface area contributed by atoms with E-state index in [9.17, 15) is 4.79 Å². The number of ether oxygens (including phenoxy) is 2. The number of hydrogen-bond acceptors (Lipinski definition) is 4. The molecule has 0 radical (unpaired) electrons. The van der Waals surface area contributed by atoms with Crippen LogP contribution in [-0.4, -0.2) is 57.9 Å². The number of nitrogens with zero attached hydrogens (tertiary/aromatic N) is 1. The van der Waals surface area contributed by atoms with Gasteiger partial charge in [-0.05, 0) is 19.3 Å². The molecular weight excluding hydrogens is 244 g/mol. The fraction of sp³-hybridized carbons (Fsp3) is 0.929. The van der Waals surface area contributed by atoms with Crippen molar-refractivity contribution in [3.8, 4) is 0 Å². The Labute approximate surface area is 116 Å². The number of nitrogens with two attached hydrogens (primary N) is 1. The number of rotatable bonds is 9. The Bertz CT molecular complexity index is 265. The average molecular weight is 272 g/mol. The molecule has 0 aromatic carbocycles. The third-order valence-corrected chi connectivity index (χ3v) is 4.03. The second-order valence-electron chi connectivity index (χ2n) is 5.32. The second kappa shape index (κ2) is 8.51. The smallest absolute Gasteiger partial charge is 0.230 e. The largest absolute Gasteiger partial charge is 0.385 e. The van der Waals surface area contributed by atoms with E-state index in [2.05, 4.69) is 0 Å². The summed E-state index contributed by atoms with van der Waals surface area (Å²) < 4.78 is 10.2. The number of amides is 1. The minimum absolute atomic E-state index is 0.209. The van der Waals surface area contributed by atoms with Gasteiger partial charge in [-0.25, -0.2) is 0 Å². The third kappa shape index (κ3) is 4.44. The van der Waals surface area contributed by atoms with Crippen LogP contribution in [0.2, 0.25) is 0 Å². The van der Waals surface area contributed by atoms with Gasteiger partial charge in [-0.2, -0.15) is 0 Å². The van der Waals surface area contributed by atoms with Gasteiger partial charge in [-0.15, -0.1) is 0 Å². The molecule has 19 heavy (non-hydrogen) atoms. The van der Waals surface area contributed by atoms with Gasteiger partial charge in [0.15, 0.2) is 0 Å². The molecule has 1 rings (SSSR count). The van der Waals surface area contributed by atoms with E-state index < -0.39 is 0 Å². The number of carbonyl (C=O) groups excluding carboxylic acids is 1. The molecule has 1 saturated carbocycles. The molecular formula is C14H28N2O3. The van der Waals surface area contributed by atoms with Gasteiger partial charge in [0.1, 0.15) is 0 Å². The quantitative estimate of drug-likeness (QED) is 0.636. The number of carbonyl (C=O) groups is 1. The molecule has 0 saturated heterocycles. The van der Waals surface area contributed by atoms with Crippen molar-refractivity contribution in [2.75, 3.05) is 47.1 Å². The Kier molecular flexibility index (Phi) is 7.34. The van der Waals surface area contributed by atoms with Crippen LogP contribution in [0.25, 0.3) is 0 Å². The van der Waals surface area contributed by atoms with Crippen molar-refractivity contribution < 1.29 is 14.3 Å². The molecule has 1 aliphatic carbocycles. The maximum atomic E-state index is 12.7. The first-order chi connectivity index (χ1) is 9.20. The van der Waals surface area contributed by atoms with Crippen molar-refractivity contribution in [3.63, 3.8) is 0 Å². The van der Waals surface area contributed by atoms with Crippen LogP contribution >= 0.6 is 0 Å². The Morgan fingerprint density at radius 1 is 1.16 bits per heavy atom. The molecule has 1 fully saturated rings. The highest BCUT2D eigenvalue weighted by molar-refractivity contribution is 5.83. The van der Waals surface area contributed by atoms with E-state index in [1.165, 1.54) is 0 Å². The zero-order valence-electron chi connectivity index (χ0n) is 12.3. The minimum Gasteiger partial charge on any atom is -0.385 e. The predicted octanol–water partition coefficient (Wildman–Crippen LogP) is 1.02. The molecule has 0 unspecified atom stereocenters. The lowest BCUT2D eigenvalue weighted by atomic mass is 9.84. The highest BCUT2D eigenvalue weighted by atomic mass is 16.5. The fourth-order valence-electron chi connectivity index (χ4n) is 2.81. The van der Waals surface area contributed by atoms with Crippen LogP contribution in [0.4, 0.5) is 0 Å². The lowest BCUT2D eigenvalue weighted by molar-refractivity contribution is -0.142.